The van der Waals surface area contributed by atoms with Crippen molar-refractivity contribution in [2.45, 2.75) is 11.7 Å². The molecule has 0 saturated carbocycles. The van der Waals surface area contributed by atoms with Crippen LogP contribution in [0, 0.1) is 0 Å². The minimum Gasteiger partial charge on any atom is -0.480 e. The van der Waals surface area contributed by atoms with Gasteiger partial charge >= 0.3 is 5.97 Å². The molecule has 0 spiro atoms. The minimum absolute atomic E-state index is 0.357. The number of benzene rings is 1. The molecule has 0 aromatic heterocycles. The van der Waals surface area contributed by atoms with Crippen molar-refractivity contribution >= 4 is 17.7 Å². The van der Waals surface area contributed by atoms with Crippen molar-refractivity contribution in [3.05, 3.63) is 35.4 Å². The lowest BCUT2D eigenvalue weighted by Gasteiger charge is -2.21. The van der Waals surface area contributed by atoms with Gasteiger partial charge in [-0.05, 0) is 23.3 Å². The van der Waals surface area contributed by atoms with E-state index in [1.54, 1.807) is 0 Å². The first-order valence-corrected chi connectivity index (χ1v) is 5.26. The van der Waals surface area contributed by atoms with E-state index in [0.29, 0.717) is 0 Å². The third kappa shape index (κ3) is 1.56. The number of aliphatic carboxylic acids is 1. The summed E-state index contributed by atoms with van der Waals surface area (Å²) in [5.74, 6) is 0.186. The summed E-state index contributed by atoms with van der Waals surface area (Å²) in [5, 5.41) is 8.61. The Kier molecular flexibility index (Phi) is 2.27. The van der Waals surface area contributed by atoms with E-state index in [4.69, 9.17) is 5.11 Å². The van der Waals surface area contributed by atoms with E-state index in [1.807, 2.05) is 24.3 Å². The molecule has 1 N–H and O–H groups in total. The Morgan fingerprint density at radius 1 is 1.46 bits per heavy atom. The number of aryl methyl sites for hydroxylation is 1. The highest BCUT2D eigenvalue weighted by Gasteiger charge is 2.25. The Labute approximate surface area is 81.0 Å². The first kappa shape index (κ1) is 8.63. The molecule has 0 bridgehead atoms. The van der Waals surface area contributed by atoms with Crippen molar-refractivity contribution in [1.82, 2.24) is 0 Å². The second-order valence-electron chi connectivity index (χ2n) is 3.04. The van der Waals surface area contributed by atoms with E-state index in [-0.39, 0.29) is 5.25 Å². The predicted molar refractivity (Wildman–Crippen MR) is 53.0 cm³/mol. The zero-order valence-electron chi connectivity index (χ0n) is 7.06. The van der Waals surface area contributed by atoms with Crippen molar-refractivity contribution in [2.24, 2.45) is 0 Å². The Morgan fingerprint density at radius 3 is 3.00 bits per heavy atom. The maximum Gasteiger partial charge on any atom is 0.321 e. The number of thioether (sulfide) groups is 1. The molecule has 68 valence electrons. The summed E-state index contributed by atoms with van der Waals surface area (Å²) in [6, 6.07) is 7.81. The summed E-state index contributed by atoms with van der Waals surface area (Å²) in [6.45, 7) is 0. The third-order valence-corrected chi connectivity index (χ3v) is 3.45. The summed E-state index contributed by atoms with van der Waals surface area (Å²) in [4.78, 5) is 10.9. The van der Waals surface area contributed by atoms with Crippen LogP contribution in [0.25, 0.3) is 0 Å². The monoisotopic (exact) mass is 194 g/mol. The summed E-state index contributed by atoms with van der Waals surface area (Å²) >= 11 is 1.51. The van der Waals surface area contributed by atoms with Crippen LogP contribution < -0.4 is 0 Å². The average Bonchev–Trinajstić information content (AvgIpc) is 2.17. The normalized spacial score (nSPS) is 20.8. The molecule has 1 heterocycles. The molecule has 13 heavy (non-hydrogen) atoms. The first-order valence-electron chi connectivity index (χ1n) is 4.21. The minimum atomic E-state index is -0.725. The van der Waals surface area contributed by atoms with Gasteiger partial charge in [0.2, 0.25) is 0 Å². The number of fused-ring (bicyclic) bond motifs is 1. The quantitative estimate of drug-likeness (QED) is 0.744. The van der Waals surface area contributed by atoms with Crippen LogP contribution in [0.5, 0.6) is 0 Å². The maximum atomic E-state index is 10.9. The molecule has 2 nitrogen and oxygen atoms in total. The lowest BCUT2D eigenvalue weighted by atomic mass is 10.0. The van der Waals surface area contributed by atoms with Crippen LogP contribution >= 0.6 is 11.8 Å². The van der Waals surface area contributed by atoms with Crippen LogP contribution in [0.15, 0.2) is 24.3 Å². The number of hydrogen-bond donors (Lipinski definition) is 1. The maximum absolute atomic E-state index is 10.9. The Morgan fingerprint density at radius 2 is 2.23 bits per heavy atom. The third-order valence-electron chi connectivity index (χ3n) is 2.22. The molecule has 1 aromatic rings. The molecule has 0 saturated heterocycles. The molecular weight excluding hydrogens is 184 g/mol. The molecular formula is C10H10O2S. The molecule has 1 aromatic carbocycles. The summed E-state index contributed by atoms with van der Waals surface area (Å²) in [5.41, 5.74) is 2.17. The van der Waals surface area contributed by atoms with E-state index in [0.717, 1.165) is 17.7 Å². The topological polar surface area (TPSA) is 37.3 Å². The van der Waals surface area contributed by atoms with Crippen LogP contribution in [0.3, 0.4) is 0 Å². The van der Waals surface area contributed by atoms with E-state index < -0.39 is 5.97 Å². The number of rotatable bonds is 1. The highest BCUT2D eigenvalue weighted by molar-refractivity contribution is 8.00. The van der Waals surface area contributed by atoms with Gasteiger partial charge in [0.15, 0.2) is 0 Å². The smallest absolute Gasteiger partial charge is 0.321 e. The molecule has 0 unspecified atom stereocenters. The molecule has 1 atom stereocenters. The van der Waals surface area contributed by atoms with Crippen molar-refractivity contribution in [3.8, 4) is 0 Å². The van der Waals surface area contributed by atoms with Gasteiger partial charge in [-0.3, -0.25) is 4.79 Å². The van der Waals surface area contributed by atoms with E-state index in [9.17, 15) is 4.79 Å². The van der Waals surface area contributed by atoms with Gasteiger partial charge in [-0.1, -0.05) is 24.3 Å². The molecule has 0 radical (unpaired) electrons. The van der Waals surface area contributed by atoms with E-state index >= 15 is 0 Å². The van der Waals surface area contributed by atoms with Crippen molar-refractivity contribution < 1.29 is 9.90 Å². The van der Waals surface area contributed by atoms with Gasteiger partial charge in [0, 0.05) is 0 Å². The number of hydrogen-bond acceptors (Lipinski definition) is 2. The molecule has 3 heteroatoms. The largest absolute Gasteiger partial charge is 0.480 e. The molecule has 0 aliphatic carbocycles. The zero-order chi connectivity index (χ0) is 9.26. The standard InChI is InChI=1S/C10H10O2S/c11-10(12)9-8-4-2-1-3-7(8)5-6-13-9/h1-4,9H,5-6H2,(H,11,12)/t9-/m1/s1. The Hall–Kier alpha value is -0.960. The molecule has 0 amide bonds. The molecule has 2 rings (SSSR count). The Balaban J connectivity index is 2.42. The second kappa shape index (κ2) is 3.42. The predicted octanol–water partition coefficient (Wildman–Crippen LogP) is 2.10. The summed E-state index contributed by atoms with van der Waals surface area (Å²) in [6.07, 6.45) is 0.991. The SMILES string of the molecule is O=C(O)[C@@H]1SCCc2ccccc21. The van der Waals surface area contributed by atoms with Crippen molar-refractivity contribution in [2.75, 3.05) is 5.75 Å². The van der Waals surface area contributed by atoms with Gasteiger partial charge in [-0.2, -0.15) is 0 Å². The van der Waals surface area contributed by atoms with Crippen molar-refractivity contribution in [3.63, 3.8) is 0 Å². The van der Waals surface area contributed by atoms with Crippen LogP contribution in [0.2, 0.25) is 0 Å². The van der Waals surface area contributed by atoms with E-state index in [2.05, 4.69) is 0 Å². The van der Waals surface area contributed by atoms with Gasteiger partial charge in [-0.15, -0.1) is 11.8 Å². The van der Waals surface area contributed by atoms with Crippen LogP contribution in [0.4, 0.5) is 0 Å². The fourth-order valence-corrected chi connectivity index (χ4v) is 2.72. The zero-order valence-corrected chi connectivity index (χ0v) is 7.88. The van der Waals surface area contributed by atoms with E-state index in [1.165, 1.54) is 17.3 Å². The lowest BCUT2D eigenvalue weighted by molar-refractivity contribution is -0.136. The fraction of sp³-hybridized carbons (Fsp3) is 0.300. The molecule has 1 aliphatic heterocycles. The van der Waals surface area contributed by atoms with Gasteiger partial charge < -0.3 is 5.11 Å². The fourth-order valence-electron chi connectivity index (χ4n) is 1.60. The molecule has 1 aliphatic rings. The number of carboxylic acids is 1. The Bertz CT molecular complexity index is 335. The number of carboxylic acid groups (broad SMARTS) is 1. The van der Waals surface area contributed by atoms with Crippen LogP contribution in [-0.2, 0) is 11.2 Å². The first-order chi connectivity index (χ1) is 6.29. The summed E-state index contributed by atoms with van der Waals surface area (Å²) in [7, 11) is 0. The number of carbonyl (C=O) groups is 1. The van der Waals surface area contributed by atoms with Gasteiger partial charge in [0.25, 0.3) is 0 Å². The average molecular weight is 194 g/mol. The van der Waals surface area contributed by atoms with Crippen molar-refractivity contribution in [1.29, 1.82) is 0 Å². The highest BCUT2D eigenvalue weighted by atomic mass is 32.2. The highest BCUT2D eigenvalue weighted by Crippen LogP contribution is 2.36. The summed E-state index contributed by atoms with van der Waals surface area (Å²) < 4.78 is 0. The van der Waals surface area contributed by atoms with Crippen LogP contribution in [0.1, 0.15) is 16.4 Å². The van der Waals surface area contributed by atoms with Crippen LogP contribution in [-0.4, -0.2) is 16.8 Å². The van der Waals surface area contributed by atoms with Gasteiger partial charge in [0.05, 0.1) is 0 Å². The lowest BCUT2D eigenvalue weighted by Crippen LogP contribution is -2.15. The van der Waals surface area contributed by atoms with Gasteiger partial charge in [0.1, 0.15) is 5.25 Å². The van der Waals surface area contributed by atoms with Gasteiger partial charge in [-0.25, -0.2) is 0 Å². The second-order valence-corrected chi connectivity index (χ2v) is 4.25. The molecule has 0 fully saturated rings.